The summed E-state index contributed by atoms with van der Waals surface area (Å²) in [6, 6.07) is 5.38. The Kier molecular flexibility index (Phi) is 6.04. The highest BCUT2D eigenvalue weighted by Crippen LogP contribution is 2.26. The molecule has 0 aliphatic carbocycles. The predicted molar refractivity (Wildman–Crippen MR) is 74.1 cm³/mol. The summed E-state index contributed by atoms with van der Waals surface area (Å²) in [4.78, 5) is 0. The number of nitrogens with one attached hydrogen (secondary N) is 2. The van der Waals surface area contributed by atoms with Crippen LogP contribution >= 0.6 is 23.8 Å². The van der Waals surface area contributed by atoms with Crippen LogP contribution in [0.3, 0.4) is 0 Å². The van der Waals surface area contributed by atoms with Gasteiger partial charge in [-0.25, -0.2) is 0 Å². The number of hydrogen-bond acceptors (Lipinski definition) is 3. The van der Waals surface area contributed by atoms with E-state index in [4.69, 9.17) is 33.3 Å². The number of methoxy groups -OCH3 is 2. The van der Waals surface area contributed by atoms with Crippen molar-refractivity contribution < 1.29 is 9.47 Å². The highest BCUT2D eigenvalue weighted by Gasteiger charge is 2.02. The molecule has 0 saturated carbocycles. The third kappa shape index (κ3) is 4.77. The van der Waals surface area contributed by atoms with E-state index in [-0.39, 0.29) is 0 Å². The van der Waals surface area contributed by atoms with E-state index in [1.807, 2.05) is 6.07 Å². The van der Waals surface area contributed by atoms with E-state index in [9.17, 15) is 0 Å². The molecule has 0 bridgehead atoms. The quantitative estimate of drug-likeness (QED) is 0.637. The molecule has 0 fully saturated rings. The summed E-state index contributed by atoms with van der Waals surface area (Å²) in [7, 11) is 3.21. The van der Waals surface area contributed by atoms with Crippen LogP contribution in [0.1, 0.15) is 0 Å². The summed E-state index contributed by atoms with van der Waals surface area (Å²) in [6.07, 6.45) is 0. The van der Waals surface area contributed by atoms with Crippen LogP contribution in [-0.4, -0.2) is 32.5 Å². The number of anilines is 1. The highest BCUT2D eigenvalue weighted by atomic mass is 35.5. The molecule has 94 valence electrons. The van der Waals surface area contributed by atoms with Gasteiger partial charge in [-0.2, -0.15) is 0 Å². The van der Waals surface area contributed by atoms with Crippen LogP contribution in [0.25, 0.3) is 0 Å². The molecule has 2 N–H and O–H groups in total. The Morgan fingerprint density at radius 2 is 2.18 bits per heavy atom. The molecule has 4 nitrogen and oxygen atoms in total. The van der Waals surface area contributed by atoms with E-state index >= 15 is 0 Å². The number of thiocarbonyl (C=S) groups is 1. The van der Waals surface area contributed by atoms with Crippen LogP contribution in [0, 0.1) is 0 Å². The van der Waals surface area contributed by atoms with E-state index in [0.717, 1.165) is 5.69 Å². The first-order valence-electron chi connectivity index (χ1n) is 5.04. The minimum Gasteiger partial charge on any atom is -0.495 e. The van der Waals surface area contributed by atoms with E-state index in [1.165, 1.54) is 0 Å². The molecule has 0 amide bonds. The molecule has 1 aromatic rings. The first-order valence-corrected chi connectivity index (χ1v) is 5.83. The summed E-state index contributed by atoms with van der Waals surface area (Å²) >= 11 is 11.1. The van der Waals surface area contributed by atoms with Gasteiger partial charge in [-0.15, -0.1) is 0 Å². The Hall–Kier alpha value is -1.04. The van der Waals surface area contributed by atoms with E-state index < -0.39 is 0 Å². The molecular formula is C11H15ClN2O2S. The lowest BCUT2D eigenvalue weighted by molar-refractivity contribution is 0.204. The van der Waals surface area contributed by atoms with Crippen molar-refractivity contribution in [3.63, 3.8) is 0 Å². The topological polar surface area (TPSA) is 42.5 Å². The van der Waals surface area contributed by atoms with Crippen molar-refractivity contribution >= 4 is 34.6 Å². The van der Waals surface area contributed by atoms with Crippen LogP contribution in [-0.2, 0) is 4.74 Å². The molecule has 0 radical (unpaired) electrons. The van der Waals surface area contributed by atoms with Crippen LogP contribution < -0.4 is 15.4 Å². The second-order valence-electron chi connectivity index (χ2n) is 3.22. The molecule has 6 heteroatoms. The molecule has 17 heavy (non-hydrogen) atoms. The van der Waals surface area contributed by atoms with Gasteiger partial charge in [0.25, 0.3) is 0 Å². The maximum atomic E-state index is 5.99. The van der Waals surface area contributed by atoms with Crippen molar-refractivity contribution in [1.29, 1.82) is 0 Å². The van der Waals surface area contributed by atoms with Crippen molar-refractivity contribution in [2.75, 3.05) is 32.7 Å². The van der Waals surface area contributed by atoms with E-state index in [2.05, 4.69) is 10.6 Å². The summed E-state index contributed by atoms with van der Waals surface area (Å²) in [6.45, 7) is 1.26. The van der Waals surface area contributed by atoms with Gasteiger partial charge in [0.05, 0.1) is 18.7 Å². The largest absolute Gasteiger partial charge is 0.495 e. The normalized spacial score (nSPS) is 9.82. The lowest BCUT2D eigenvalue weighted by Crippen LogP contribution is -2.31. The van der Waals surface area contributed by atoms with Gasteiger partial charge in [0.1, 0.15) is 5.75 Å². The number of ether oxygens (including phenoxy) is 2. The zero-order valence-electron chi connectivity index (χ0n) is 9.75. The average molecular weight is 275 g/mol. The van der Waals surface area contributed by atoms with Gasteiger partial charge in [-0.05, 0) is 30.4 Å². The smallest absolute Gasteiger partial charge is 0.170 e. The second kappa shape index (κ2) is 7.32. The zero-order chi connectivity index (χ0) is 12.7. The lowest BCUT2D eigenvalue weighted by atomic mass is 10.3. The lowest BCUT2D eigenvalue weighted by Gasteiger charge is -2.11. The molecular weight excluding hydrogens is 260 g/mol. The van der Waals surface area contributed by atoms with Crippen LogP contribution in [0.2, 0.25) is 5.02 Å². The Labute approximate surface area is 111 Å². The molecule has 0 spiro atoms. The van der Waals surface area contributed by atoms with E-state index in [1.54, 1.807) is 26.4 Å². The fourth-order valence-electron chi connectivity index (χ4n) is 1.19. The number of benzene rings is 1. The van der Waals surface area contributed by atoms with Crippen molar-refractivity contribution in [3.8, 4) is 5.75 Å². The molecule has 0 heterocycles. The molecule has 0 aliphatic heterocycles. The molecule has 0 atom stereocenters. The molecule has 1 aromatic carbocycles. The number of hydrogen-bond donors (Lipinski definition) is 2. The SMILES string of the molecule is COCCNC(=S)Nc1ccc(OC)c(Cl)c1. The number of halogens is 1. The average Bonchev–Trinajstić information content (AvgIpc) is 2.29. The monoisotopic (exact) mass is 274 g/mol. The maximum absolute atomic E-state index is 5.99. The van der Waals surface area contributed by atoms with Crippen molar-refractivity contribution in [3.05, 3.63) is 23.2 Å². The molecule has 0 unspecified atom stereocenters. The fraction of sp³-hybridized carbons (Fsp3) is 0.364. The minimum absolute atomic E-state index is 0.531. The van der Waals surface area contributed by atoms with Crippen LogP contribution in [0.15, 0.2) is 18.2 Å². The fourth-order valence-corrected chi connectivity index (χ4v) is 1.66. The van der Waals surface area contributed by atoms with Gasteiger partial charge >= 0.3 is 0 Å². The van der Waals surface area contributed by atoms with Gasteiger partial charge in [0.2, 0.25) is 0 Å². The summed E-state index contributed by atoms with van der Waals surface area (Å²) in [5.41, 5.74) is 0.811. The van der Waals surface area contributed by atoms with Gasteiger partial charge in [0.15, 0.2) is 5.11 Å². The summed E-state index contributed by atoms with van der Waals surface area (Å²) in [5, 5.41) is 7.09. The third-order valence-corrected chi connectivity index (χ3v) is 2.54. The third-order valence-electron chi connectivity index (χ3n) is 2.00. The van der Waals surface area contributed by atoms with Gasteiger partial charge < -0.3 is 20.1 Å². The van der Waals surface area contributed by atoms with Crippen molar-refractivity contribution in [2.45, 2.75) is 0 Å². The number of rotatable bonds is 5. The standard InChI is InChI=1S/C11H15ClN2O2S/c1-15-6-5-13-11(17)14-8-3-4-10(16-2)9(12)7-8/h3-4,7H,5-6H2,1-2H3,(H2,13,14,17). The van der Waals surface area contributed by atoms with Crippen molar-refractivity contribution in [1.82, 2.24) is 5.32 Å². The molecule has 0 saturated heterocycles. The molecule has 0 aromatic heterocycles. The van der Waals surface area contributed by atoms with Crippen LogP contribution in [0.4, 0.5) is 5.69 Å². The minimum atomic E-state index is 0.531. The summed E-state index contributed by atoms with van der Waals surface area (Å²) in [5.74, 6) is 0.635. The Balaban J connectivity index is 2.51. The predicted octanol–water partition coefficient (Wildman–Crippen LogP) is 2.28. The van der Waals surface area contributed by atoms with Gasteiger partial charge in [0, 0.05) is 19.3 Å². The molecule has 1 rings (SSSR count). The first kappa shape index (κ1) is 14.0. The molecule has 0 aliphatic rings. The zero-order valence-corrected chi connectivity index (χ0v) is 11.3. The first-order chi connectivity index (χ1) is 8.17. The van der Waals surface area contributed by atoms with E-state index in [0.29, 0.717) is 29.0 Å². The Morgan fingerprint density at radius 1 is 1.41 bits per heavy atom. The summed E-state index contributed by atoms with van der Waals surface area (Å²) < 4.78 is 9.96. The second-order valence-corrected chi connectivity index (χ2v) is 4.04. The van der Waals surface area contributed by atoms with Gasteiger partial charge in [-0.3, -0.25) is 0 Å². The van der Waals surface area contributed by atoms with Crippen LogP contribution in [0.5, 0.6) is 5.75 Å². The van der Waals surface area contributed by atoms with Gasteiger partial charge in [-0.1, -0.05) is 11.6 Å². The van der Waals surface area contributed by atoms with Crippen molar-refractivity contribution in [2.24, 2.45) is 0 Å². The Morgan fingerprint density at radius 3 is 2.76 bits per heavy atom. The Bertz CT molecular complexity index is 388. The highest BCUT2D eigenvalue weighted by molar-refractivity contribution is 7.80. The maximum Gasteiger partial charge on any atom is 0.170 e.